The van der Waals surface area contributed by atoms with Crippen molar-refractivity contribution in [3.05, 3.63) is 0 Å². The van der Waals surface area contributed by atoms with Gasteiger partial charge >= 0.3 is 0 Å². The van der Waals surface area contributed by atoms with Gasteiger partial charge in [-0.15, -0.1) is 0 Å². The van der Waals surface area contributed by atoms with Crippen LogP contribution in [0.3, 0.4) is 0 Å². The zero-order valence-corrected chi connectivity index (χ0v) is 11.0. The van der Waals surface area contributed by atoms with E-state index in [0.717, 1.165) is 37.9 Å². The Kier molecular flexibility index (Phi) is 5.10. The Morgan fingerprint density at radius 1 is 1.41 bits per heavy atom. The molecule has 0 aromatic carbocycles. The molecule has 2 aliphatic rings. The van der Waals surface area contributed by atoms with Gasteiger partial charge in [0.2, 0.25) is 0 Å². The van der Waals surface area contributed by atoms with Gasteiger partial charge < -0.3 is 15.5 Å². The van der Waals surface area contributed by atoms with Crippen molar-refractivity contribution in [2.24, 2.45) is 10.9 Å². The van der Waals surface area contributed by atoms with E-state index >= 15 is 0 Å². The Morgan fingerprint density at radius 3 is 2.94 bits per heavy atom. The Bertz CT molecular complexity index is 244. The van der Waals surface area contributed by atoms with Gasteiger partial charge in [0.05, 0.1) is 0 Å². The first kappa shape index (κ1) is 12.7. The van der Waals surface area contributed by atoms with Crippen molar-refractivity contribution < 1.29 is 0 Å². The minimum absolute atomic E-state index is 0.935. The van der Waals surface area contributed by atoms with Crippen LogP contribution in [0.25, 0.3) is 0 Å². The molecular weight excluding hydrogens is 212 g/mol. The van der Waals surface area contributed by atoms with E-state index in [4.69, 9.17) is 0 Å². The summed E-state index contributed by atoms with van der Waals surface area (Å²) < 4.78 is 0. The highest BCUT2D eigenvalue weighted by Gasteiger charge is 2.14. The number of aliphatic imine (C=N–C) groups is 1. The molecule has 0 spiro atoms. The second-order valence-electron chi connectivity index (χ2n) is 5.32. The van der Waals surface area contributed by atoms with E-state index < -0.39 is 0 Å². The highest BCUT2D eigenvalue weighted by Crippen LogP contribution is 2.15. The first-order chi connectivity index (χ1) is 8.34. The lowest BCUT2D eigenvalue weighted by atomic mass is 9.99. The minimum Gasteiger partial charge on any atom is -0.356 e. The molecule has 4 nitrogen and oxygen atoms in total. The maximum Gasteiger partial charge on any atom is 0.191 e. The molecule has 2 rings (SSSR count). The van der Waals surface area contributed by atoms with Gasteiger partial charge in [0, 0.05) is 19.6 Å². The molecule has 4 heteroatoms. The lowest BCUT2D eigenvalue weighted by molar-refractivity contribution is 0.191. The summed E-state index contributed by atoms with van der Waals surface area (Å²) in [4.78, 5) is 7.00. The summed E-state index contributed by atoms with van der Waals surface area (Å²) in [6.07, 6.45) is 5.13. The Morgan fingerprint density at radius 2 is 2.24 bits per heavy atom. The van der Waals surface area contributed by atoms with E-state index in [1.807, 2.05) is 0 Å². The van der Waals surface area contributed by atoms with Gasteiger partial charge in [-0.1, -0.05) is 6.92 Å². The topological polar surface area (TPSA) is 39.7 Å². The van der Waals surface area contributed by atoms with Crippen molar-refractivity contribution in [1.82, 2.24) is 15.5 Å². The van der Waals surface area contributed by atoms with Crippen molar-refractivity contribution in [1.29, 1.82) is 0 Å². The van der Waals surface area contributed by atoms with E-state index in [-0.39, 0.29) is 0 Å². The van der Waals surface area contributed by atoms with Crippen molar-refractivity contribution >= 4 is 5.96 Å². The number of guanidine groups is 1. The van der Waals surface area contributed by atoms with Crippen LogP contribution in [0.15, 0.2) is 4.99 Å². The van der Waals surface area contributed by atoms with Crippen LogP contribution >= 0.6 is 0 Å². The fourth-order valence-corrected chi connectivity index (χ4v) is 2.45. The second kappa shape index (κ2) is 6.84. The van der Waals surface area contributed by atoms with Gasteiger partial charge in [-0.25, -0.2) is 0 Å². The lowest BCUT2D eigenvalue weighted by Crippen LogP contribution is -2.42. The van der Waals surface area contributed by atoms with Crippen LogP contribution in [0.1, 0.15) is 32.6 Å². The third-order valence-corrected chi connectivity index (χ3v) is 3.72. The molecule has 0 unspecified atom stereocenters. The van der Waals surface area contributed by atoms with Crippen LogP contribution in [-0.4, -0.2) is 50.1 Å². The number of nitrogens with one attached hydrogen (secondary N) is 2. The van der Waals surface area contributed by atoms with E-state index in [9.17, 15) is 0 Å². The fourth-order valence-electron chi connectivity index (χ4n) is 2.45. The predicted molar refractivity (Wildman–Crippen MR) is 72.4 cm³/mol. The van der Waals surface area contributed by atoms with Gasteiger partial charge in [-0.2, -0.15) is 0 Å². The van der Waals surface area contributed by atoms with Gasteiger partial charge in [0.1, 0.15) is 0 Å². The number of likely N-dealkylation sites (tertiary alicyclic amines) is 1. The molecule has 1 saturated heterocycles. The van der Waals surface area contributed by atoms with Crippen LogP contribution in [-0.2, 0) is 0 Å². The molecule has 0 radical (unpaired) electrons. The molecule has 0 saturated carbocycles. The van der Waals surface area contributed by atoms with Gasteiger partial charge in [0.15, 0.2) is 5.96 Å². The fraction of sp³-hybridized carbons (Fsp3) is 0.923. The smallest absolute Gasteiger partial charge is 0.191 e. The first-order valence-corrected chi connectivity index (χ1v) is 7.09. The number of hydrogen-bond donors (Lipinski definition) is 2. The molecule has 0 bridgehead atoms. The van der Waals surface area contributed by atoms with Crippen molar-refractivity contribution in [3.8, 4) is 0 Å². The SMILES string of the molecule is CC1CCN(CCCNC2=NCCCN2)CC1. The van der Waals surface area contributed by atoms with Crippen LogP contribution in [0, 0.1) is 5.92 Å². The molecule has 17 heavy (non-hydrogen) atoms. The van der Waals surface area contributed by atoms with Gasteiger partial charge in [-0.05, 0) is 51.2 Å². The standard InChI is InChI=1S/C13H26N4/c1-12-4-10-17(11-5-12)9-3-8-16-13-14-6-2-7-15-13/h12H,2-11H2,1H3,(H2,14,15,16). The molecule has 2 aliphatic heterocycles. The number of piperidine rings is 1. The lowest BCUT2D eigenvalue weighted by Gasteiger charge is -2.30. The molecule has 2 N–H and O–H groups in total. The summed E-state index contributed by atoms with van der Waals surface area (Å²) in [7, 11) is 0. The maximum absolute atomic E-state index is 4.40. The average Bonchev–Trinajstić information content (AvgIpc) is 2.38. The van der Waals surface area contributed by atoms with Gasteiger partial charge in [-0.3, -0.25) is 4.99 Å². The third-order valence-electron chi connectivity index (χ3n) is 3.72. The van der Waals surface area contributed by atoms with Gasteiger partial charge in [0.25, 0.3) is 0 Å². The monoisotopic (exact) mass is 238 g/mol. The highest BCUT2D eigenvalue weighted by molar-refractivity contribution is 5.80. The molecule has 0 aliphatic carbocycles. The molecular formula is C13H26N4. The number of nitrogens with zero attached hydrogens (tertiary/aromatic N) is 2. The molecule has 98 valence electrons. The number of rotatable bonds is 4. The Hall–Kier alpha value is -0.770. The molecule has 0 amide bonds. The highest BCUT2D eigenvalue weighted by atomic mass is 15.2. The normalized spacial score (nSPS) is 23.0. The summed E-state index contributed by atoms with van der Waals surface area (Å²) in [5.41, 5.74) is 0. The second-order valence-corrected chi connectivity index (χ2v) is 5.32. The number of hydrogen-bond acceptors (Lipinski definition) is 4. The summed E-state index contributed by atoms with van der Waals surface area (Å²) in [5, 5.41) is 6.67. The molecule has 0 aromatic rings. The van der Waals surface area contributed by atoms with E-state index in [1.165, 1.54) is 38.9 Å². The Labute approximate surface area is 105 Å². The summed E-state index contributed by atoms with van der Waals surface area (Å²) >= 11 is 0. The van der Waals surface area contributed by atoms with Crippen molar-refractivity contribution in [2.45, 2.75) is 32.6 Å². The quantitative estimate of drug-likeness (QED) is 0.719. The average molecular weight is 238 g/mol. The Balaban J connectivity index is 1.52. The zero-order valence-electron chi connectivity index (χ0n) is 11.0. The summed E-state index contributed by atoms with van der Waals surface area (Å²) in [5.74, 6) is 1.94. The maximum atomic E-state index is 4.40. The molecule has 2 heterocycles. The molecule has 1 fully saturated rings. The largest absolute Gasteiger partial charge is 0.356 e. The summed E-state index contributed by atoms with van der Waals surface area (Å²) in [6, 6.07) is 0. The minimum atomic E-state index is 0.935. The molecule has 0 atom stereocenters. The van der Waals surface area contributed by atoms with Crippen LogP contribution in [0.5, 0.6) is 0 Å². The van der Waals surface area contributed by atoms with E-state index in [2.05, 4.69) is 27.4 Å². The first-order valence-electron chi connectivity index (χ1n) is 7.09. The van der Waals surface area contributed by atoms with Crippen LogP contribution in [0.4, 0.5) is 0 Å². The molecule has 0 aromatic heterocycles. The van der Waals surface area contributed by atoms with E-state index in [0.29, 0.717) is 0 Å². The zero-order chi connectivity index (χ0) is 11.9. The predicted octanol–water partition coefficient (Wildman–Crippen LogP) is 1.05. The van der Waals surface area contributed by atoms with Crippen molar-refractivity contribution in [3.63, 3.8) is 0 Å². The summed E-state index contributed by atoms with van der Waals surface area (Å²) in [6.45, 7) is 9.26. The van der Waals surface area contributed by atoms with Crippen LogP contribution in [0.2, 0.25) is 0 Å². The van der Waals surface area contributed by atoms with E-state index in [1.54, 1.807) is 0 Å². The van der Waals surface area contributed by atoms with Crippen LogP contribution < -0.4 is 10.6 Å². The third kappa shape index (κ3) is 4.54. The van der Waals surface area contributed by atoms with Crippen molar-refractivity contribution in [2.75, 3.05) is 39.3 Å².